The van der Waals surface area contributed by atoms with Crippen molar-refractivity contribution in [1.29, 1.82) is 0 Å². The maximum Gasteiger partial charge on any atom is 0.257 e. The number of rotatable bonds is 4. The molecule has 0 radical (unpaired) electrons. The molecule has 6 nitrogen and oxygen atoms in total. The number of likely N-dealkylation sites (tertiary alicyclic amines) is 1. The fourth-order valence-electron chi connectivity index (χ4n) is 4.06. The number of hydrogen-bond acceptors (Lipinski definition) is 4. The quantitative estimate of drug-likeness (QED) is 0.887. The van der Waals surface area contributed by atoms with E-state index < -0.39 is 0 Å². The molecule has 2 aliphatic heterocycles. The van der Waals surface area contributed by atoms with E-state index in [1.165, 1.54) is 0 Å². The minimum absolute atomic E-state index is 0.0188. The first-order chi connectivity index (χ1) is 13.7. The van der Waals surface area contributed by atoms with E-state index in [4.69, 9.17) is 0 Å². The van der Waals surface area contributed by atoms with Gasteiger partial charge in [-0.2, -0.15) is 0 Å². The molecule has 2 aromatic rings. The van der Waals surface area contributed by atoms with Gasteiger partial charge in [-0.05, 0) is 49.9 Å². The molecule has 2 fully saturated rings. The Morgan fingerprint density at radius 1 is 0.964 bits per heavy atom. The summed E-state index contributed by atoms with van der Waals surface area (Å²) in [5, 5.41) is 2.97. The van der Waals surface area contributed by atoms with E-state index in [1.54, 1.807) is 6.20 Å². The van der Waals surface area contributed by atoms with E-state index in [1.807, 2.05) is 47.4 Å². The molecular formula is C22H26N4O2. The molecule has 0 saturated carbocycles. The molecule has 4 rings (SSSR count). The third kappa shape index (κ3) is 4.01. The summed E-state index contributed by atoms with van der Waals surface area (Å²) in [5.41, 5.74) is 1.44. The third-order valence-electron chi connectivity index (χ3n) is 5.54. The molecule has 1 aromatic carbocycles. The van der Waals surface area contributed by atoms with Gasteiger partial charge in [0.2, 0.25) is 5.91 Å². The number of piperidine rings is 1. The molecule has 146 valence electrons. The summed E-state index contributed by atoms with van der Waals surface area (Å²) in [6.45, 7) is 3.02. The number of para-hydroxylation sites is 1. The summed E-state index contributed by atoms with van der Waals surface area (Å²) < 4.78 is 0. The first kappa shape index (κ1) is 18.5. The van der Waals surface area contributed by atoms with E-state index >= 15 is 0 Å². The van der Waals surface area contributed by atoms with E-state index in [2.05, 4.69) is 15.2 Å². The highest BCUT2D eigenvalue weighted by Crippen LogP contribution is 2.26. The van der Waals surface area contributed by atoms with Crippen molar-refractivity contribution in [3.63, 3.8) is 0 Å². The summed E-state index contributed by atoms with van der Waals surface area (Å²) >= 11 is 0. The third-order valence-corrected chi connectivity index (χ3v) is 5.54. The zero-order valence-electron chi connectivity index (χ0n) is 16.0. The fourth-order valence-corrected chi connectivity index (χ4v) is 4.06. The van der Waals surface area contributed by atoms with Crippen molar-refractivity contribution in [3.8, 4) is 0 Å². The summed E-state index contributed by atoms with van der Waals surface area (Å²) in [5.74, 6) is 0.549. The van der Waals surface area contributed by atoms with Gasteiger partial charge in [0.25, 0.3) is 5.91 Å². The van der Waals surface area contributed by atoms with Gasteiger partial charge in [-0.25, -0.2) is 4.98 Å². The Balaban J connectivity index is 1.46. The Bertz CT molecular complexity index is 833. The average Bonchev–Trinajstić information content (AvgIpc) is 3.29. The zero-order valence-corrected chi connectivity index (χ0v) is 16.0. The van der Waals surface area contributed by atoms with Crippen LogP contribution in [-0.4, -0.2) is 47.9 Å². The molecule has 0 spiro atoms. The molecular weight excluding hydrogens is 352 g/mol. The Morgan fingerprint density at radius 3 is 2.54 bits per heavy atom. The van der Waals surface area contributed by atoms with Crippen molar-refractivity contribution < 1.29 is 9.59 Å². The van der Waals surface area contributed by atoms with Gasteiger partial charge in [-0.3, -0.25) is 9.59 Å². The molecule has 3 heterocycles. The highest BCUT2D eigenvalue weighted by molar-refractivity contribution is 6.00. The maximum atomic E-state index is 13.2. The number of aromatic nitrogens is 1. The monoisotopic (exact) mass is 378 g/mol. The van der Waals surface area contributed by atoms with Gasteiger partial charge in [0.15, 0.2) is 0 Å². The lowest BCUT2D eigenvalue weighted by molar-refractivity contribution is -0.121. The predicted molar refractivity (Wildman–Crippen MR) is 109 cm³/mol. The molecule has 0 bridgehead atoms. The van der Waals surface area contributed by atoms with Gasteiger partial charge >= 0.3 is 0 Å². The van der Waals surface area contributed by atoms with Gasteiger partial charge in [-0.15, -0.1) is 0 Å². The van der Waals surface area contributed by atoms with Crippen LogP contribution < -0.4 is 10.2 Å². The highest BCUT2D eigenvalue weighted by atomic mass is 16.2. The highest BCUT2D eigenvalue weighted by Gasteiger charge is 2.31. The number of nitrogens with one attached hydrogen (secondary N) is 1. The number of pyridine rings is 1. The van der Waals surface area contributed by atoms with Crippen LogP contribution in [0.1, 0.15) is 36.0 Å². The molecule has 28 heavy (non-hydrogen) atoms. The van der Waals surface area contributed by atoms with Gasteiger partial charge in [0, 0.05) is 38.1 Å². The minimum Gasteiger partial charge on any atom is -0.356 e. The van der Waals surface area contributed by atoms with E-state index in [0.29, 0.717) is 18.7 Å². The number of nitrogens with zero attached hydrogens (tertiary/aromatic N) is 3. The van der Waals surface area contributed by atoms with Crippen molar-refractivity contribution in [2.45, 2.75) is 25.7 Å². The van der Waals surface area contributed by atoms with Gasteiger partial charge in [0.1, 0.15) is 5.82 Å². The SMILES string of the molecule is O=C(Nc1ccccc1)C1CCCN(C(=O)c2cccnc2N2CCCC2)C1. The molecule has 6 heteroatoms. The molecule has 2 saturated heterocycles. The number of hydrogen-bond donors (Lipinski definition) is 1. The van der Waals surface area contributed by atoms with Crippen molar-refractivity contribution in [2.75, 3.05) is 36.4 Å². The van der Waals surface area contributed by atoms with Gasteiger partial charge in [0.05, 0.1) is 11.5 Å². The molecule has 1 N–H and O–H groups in total. The van der Waals surface area contributed by atoms with Crippen molar-refractivity contribution >= 4 is 23.3 Å². The molecule has 1 aromatic heterocycles. The minimum atomic E-state index is -0.190. The lowest BCUT2D eigenvalue weighted by atomic mass is 9.96. The number of carbonyl (C=O) groups is 2. The van der Waals surface area contributed by atoms with E-state index in [-0.39, 0.29) is 17.7 Å². The second-order valence-corrected chi connectivity index (χ2v) is 7.51. The molecule has 0 aliphatic carbocycles. The maximum absolute atomic E-state index is 13.2. The Kier molecular flexibility index (Phi) is 5.55. The smallest absolute Gasteiger partial charge is 0.257 e. The Hall–Kier alpha value is -2.89. The van der Waals surface area contributed by atoms with Gasteiger partial charge < -0.3 is 15.1 Å². The summed E-state index contributed by atoms with van der Waals surface area (Å²) in [7, 11) is 0. The summed E-state index contributed by atoms with van der Waals surface area (Å²) in [4.78, 5) is 34.4. The zero-order chi connectivity index (χ0) is 19.3. The fraction of sp³-hybridized carbons (Fsp3) is 0.409. The summed E-state index contributed by atoms with van der Waals surface area (Å²) in [6.07, 6.45) is 5.65. The lowest BCUT2D eigenvalue weighted by Gasteiger charge is -2.33. The second kappa shape index (κ2) is 8.42. The van der Waals surface area contributed by atoms with E-state index in [0.717, 1.165) is 50.3 Å². The molecule has 1 atom stereocenters. The van der Waals surface area contributed by atoms with Crippen LogP contribution >= 0.6 is 0 Å². The number of benzene rings is 1. The van der Waals surface area contributed by atoms with Crippen LogP contribution in [0, 0.1) is 5.92 Å². The van der Waals surface area contributed by atoms with E-state index in [9.17, 15) is 9.59 Å². The van der Waals surface area contributed by atoms with Crippen LogP contribution in [-0.2, 0) is 4.79 Å². The second-order valence-electron chi connectivity index (χ2n) is 7.51. The van der Waals surface area contributed by atoms with Crippen LogP contribution in [0.5, 0.6) is 0 Å². The van der Waals surface area contributed by atoms with Crippen LogP contribution in [0.25, 0.3) is 0 Å². The lowest BCUT2D eigenvalue weighted by Crippen LogP contribution is -2.44. The average molecular weight is 378 g/mol. The number of anilines is 2. The van der Waals surface area contributed by atoms with Crippen LogP contribution in [0.3, 0.4) is 0 Å². The first-order valence-electron chi connectivity index (χ1n) is 10.1. The number of carbonyl (C=O) groups excluding carboxylic acids is 2. The molecule has 2 amide bonds. The van der Waals surface area contributed by atoms with Gasteiger partial charge in [-0.1, -0.05) is 18.2 Å². The summed E-state index contributed by atoms with van der Waals surface area (Å²) in [6, 6.07) is 13.1. The topological polar surface area (TPSA) is 65.5 Å². The standard InChI is InChI=1S/C22H26N4O2/c27-21(24-18-9-2-1-3-10-18)17-8-7-15-26(16-17)22(28)19-11-6-12-23-20(19)25-13-4-5-14-25/h1-3,6,9-12,17H,4-5,7-8,13-16H2,(H,24,27). The van der Waals surface area contributed by atoms with Crippen molar-refractivity contribution in [2.24, 2.45) is 5.92 Å². The predicted octanol–water partition coefficient (Wildman–Crippen LogP) is 3.17. The van der Waals surface area contributed by atoms with Crippen LogP contribution in [0.2, 0.25) is 0 Å². The largest absolute Gasteiger partial charge is 0.356 e. The molecule has 2 aliphatic rings. The van der Waals surface area contributed by atoms with Crippen molar-refractivity contribution in [3.05, 3.63) is 54.2 Å². The van der Waals surface area contributed by atoms with Crippen LogP contribution in [0.4, 0.5) is 11.5 Å². The molecule has 1 unspecified atom stereocenters. The Labute approximate surface area is 165 Å². The first-order valence-corrected chi connectivity index (χ1v) is 10.1. The van der Waals surface area contributed by atoms with Crippen LogP contribution in [0.15, 0.2) is 48.7 Å². The Morgan fingerprint density at radius 2 is 1.75 bits per heavy atom. The normalized spacial score (nSPS) is 19.5. The van der Waals surface area contributed by atoms with Crippen molar-refractivity contribution in [1.82, 2.24) is 9.88 Å². The number of amides is 2.